The Balaban J connectivity index is 2.16. The molecule has 1 aromatic rings. The van der Waals surface area contributed by atoms with E-state index in [1.807, 2.05) is 0 Å². The summed E-state index contributed by atoms with van der Waals surface area (Å²) in [5.74, 6) is 0. The molecule has 1 aliphatic heterocycles. The third kappa shape index (κ3) is 3.92. The molecule has 1 fully saturated rings. The molecule has 0 radical (unpaired) electrons. The van der Waals surface area contributed by atoms with Crippen molar-refractivity contribution in [2.75, 3.05) is 24.7 Å². The maximum absolute atomic E-state index is 11.6. The molecule has 1 aliphatic rings. The quantitative estimate of drug-likeness (QED) is 0.637. The Labute approximate surface area is 123 Å². The van der Waals surface area contributed by atoms with Crippen LogP contribution < -0.4 is 5.32 Å². The zero-order valence-electron chi connectivity index (χ0n) is 11.7. The van der Waals surface area contributed by atoms with Crippen LogP contribution in [0, 0.1) is 10.1 Å². The molecule has 1 unspecified atom stereocenters. The molecule has 21 heavy (non-hydrogen) atoms. The van der Waals surface area contributed by atoms with E-state index in [1.165, 1.54) is 18.2 Å². The molecule has 0 aliphatic carbocycles. The van der Waals surface area contributed by atoms with E-state index in [4.69, 9.17) is 4.74 Å². The molecular formula is C13H18N2O5S. The van der Waals surface area contributed by atoms with Crippen molar-refractivity contribution in [1.29, 1.82) is 0 Å². The summed E-state index contributed by atoms with van der Waals surface area (Å²) in [6, 6.07) is 4.26. The van der Waals surface area contributed by atoms with Gasteiger partial charge >= 0.3 is 5.69 Å². The van der Waals surface area contributed by atoms with Crippen molar-refractivity contribution >= 4 is 21.2 Å². The fourth-order valence-electron chi connectivity index (χ4n) is 2.39. The van der Waals surface area contributed by atoms with Gasteiger partial charge < -0.3 is 10.1 Å². The number of hydrogen-bond acceptors (Lipinski definition) is 6. The average molecular weight is 314 g/mol. The Hall–Kier alpha value is -1.67. The Morgan fingerprint density at radius 2 is 2.24 bits per heavy atom. The van der Waals surface area contributed by atoms with E-state index in [-0.39, 0.29) is 16.7 Å². The summed E-state index contributed by atoms with van der Waals surface area (Å²) in [6.45, 7) is 1.26. The molecule has 1 heterocycles. The second-order valence-electron chi connectivity index (χ2n) is 5.03. The minimum Gasteiger partial charge on any atom is -0.379 e. The molecule has 0 aromatic heterocycles. The summed E-state index contributed by atoms with van der Waals surface area (Å²) in [7, 11) is -3.65. The SMILES string of the molecule is CS(=O)(=O)c1cccc(NCCC2CCCO2)c1[N+](=O)[O-]. The second kappa shape index (κ2) is 6.40. The van der Waals surface area contributed by atoms with Gasteiger partial charge in [-0.2, -0.15) is 0 Å². The summed E-state index contributed by atoms with van der Waals surface area (Å²) in [5, 5.41) is 14.1. The Kier molecular flexibility index (Phi) is 4.79. The van der Waals surface area contributed by atoms with Crippen molar-refractivity contribution in [1.82, 2.24) is 0 Å². The fourth-order valence-corrected chi connectivity index (χ4v) is 3.25. The number of nitro groups is 1. The van der Waals surface area contributed by atoms with Gasteiger partial charge in [0.15, 0.2) is 9.84 Å². The van der Waals surface area contributed by atoms with Crippen molar-refractivity contribution < 1.29 is 18.1 Å². The first kappa shape index (κ1) is 15.7. The molecule has 8 heteroatoms. The summed E-state index contributed by atoms with van der Waals surface area (Å²) in [5.41, 5.74) is -0.173. The van der Waals surface area contributed by atoms with Gasteiger partial charge in [-0.1, -0.05) is 6.07 Å². The monoisotopic (exact) mass is 314 g/mol. The third-order valence-electron chi connectivity index (χ3n) is 3.39. The van der Waals surface area contributed by atoms with Crippen LogP contribution in [-0.4, -0.2) is 38.9 Å². The molecule has 1 aromatic carbocycles. The van der Waals surface area contributed by atoms with Crippen LogP contribution in [0.15, 0.2) is 23.1 Å². The highest BCUT2D eigenvalue weighted by atomic mass is 32.2. The van der Waals surface area contributed by atoms with Crippen LogP contribution in [-0.2, 0) is 14.6 Å². The molecular weight excluding hydrogens is 296 g/mol. The molecule has 0 spiro atoms. The van der Waals surface area contributed by atoms with Crippen LogP contribution in [0.2, 0.25) is 0 Å². The molecule has 1 saturated heterocycles. The minimum absolute atomic E-state index is 0.176. The second-order valence-corrected chi connectivity index (χ2v) is 7.02. The van der Waals surface area contributed by atoms with Gasteiger partial charge in [0.1, 0.15) is 10.6 Å². The van der Waals surface area contributed by atoms with Gasteiger partial charge in [0.05, 0.1) is 11.0 Å². The van der Waals surface area contributed by atoms with E-state index < -0.39 is 20.4 Å². The van der Waals surface area contributed by atoms with Gasteiger partial charge in [-0.25, -0.2) is 8.42 Å². The number of sulfone groups is 1. The van der Waals surface area contributed by atoms with Crippen LogP contribution >= 0.6 is 0 Å². The van der Waals surface area contributed by atoms with Crippen LogP contribution in [0.3, 0.4) is 0 Å². The molecule has 0 amide bonds. The van der Waals surface area contributed by atoms with Gasteiger partial charge in [0.25, 0.3) is 0 Å². The van der Waals surface area contributed by atoms with Gasteiger partial charge in [0.2, 0.25) is 0 Å². The number of benzene rings is 1. The van der Waals surface area contributed by atoms with Crippen molar-refractivity contribution in [2.45, 2.75) is 30.3 Å². The first-order valence-corrected chi connectivity index (χ1v) is 8.61. The van der Waals surface area contributed by atoms with Crippen LogP contribution in [0.4, 0.5) is 11.4 Å². The predicted molar refractivity (Wildman–Crippen MR) is 78.3 cm³/mol. The minimum atomic E-state index is -3.65. The van der Waals surface area contributed by atoms with Gasteiger partial charge in [0, 0.05) is 19.4 Å². The number of nitrogens with one attached hydrogen (secondary N) is 1. The van der Waals surface area contributed by atoms with E-state index in [0.717, 1.165) is 32.1 Å². The Morgan fingerprint density at radius 3 is 2.81 bits per heavy atom. The van der Waals surface area contributed by atoms with E-state index in [1.54, 1.807) is 0 Å². The van der Waals surface area contributed by atoms with E-state index in [0.29, 0.717) is 6.54 Å². The van der Waals surface area contributed by atoms with Crippen LogP contribution in [0.5, 0.6) is 0 Å². The van der Waals surface area contributed by atoms with E-state index in [9.17, 15) is 18.5 Å². The van der Waals surface area contributed by atoms with Crippen molar-refractivity contribution in [3.05, 3.63) is 28.3 Å². The first-order chi connectivity index (χ1) is 9.89. The third-order valence-corrected chi connectivity index (χ3v) is 4.52. The largest absolute Gasteiger partial charge is 0.379 e. The highest BCUT2D eigenvalue weighted by molar-refractivity contribution is 7.90. The Bertz CT molecular complexity index is 623. The number of rotatable bonds is 6. The average Bonchev–Trinajstić information content (AvgIpc) is 2.90. The van der Waals surface area contributed by atoms with Crippen molar-refractivity contribution in [3.8, 4) is 0 Å². The number of hydrogen-bond donors (Lipinski definition) is 1. The summed E-state index contributed by atoms with van der Waals surface area (Å²) < 4.78 is 28.8. The number of nitro benzene ring substituents is 1. The Morgan fingerprint density at radius 1 is 1.48 bits per heavy atom. The lowest BCUT2D eigenvalue weighted by Gasteiger charge is -2.12. The normalized spacial score (nSPS) is 18.6. The predicted octanol–water partition coefficient (Wildman–Crippen LogP) is 1.98. The van der Waals surface area contributed by atoms with Crippen molar-refractivity contribution in [2.24, 2.45) is 0 Å². The van der Waals surface area contributed by atoms with Crippen LogP contribution in [0.25, 0.3) is 0 Å². The highest BCUT2D eigenvalue weighted by Gasteiger charge is 2.26. The molecule has 116 valence electrons. The van der Waals surface area contributed by atoms with Gasteiger partial charge in [-0.15, -0.1) is 0 Å². The summed E-state index contributed by atoms with van der Waals surface area (Å²) >= 11 is 0. The molecule has 0 bridgehead atoms. The summed E-state index contributed by atoms with van der Waals surface area (Å²) in [4.78, 5) is 10.3. The molecule has 0 saturated carbocycles. The lowest BCUT2D eigenvalue weighted by atomic mass is 10.2. The molecule has 1 atom stereocenters. The van der Waals surface area contributed by atoms with Crippen LogP contribution in [0.1, 0.15) is 19.3 Å². The smallest absolute Gasteiger partial charge is 0.310 e. The lowest BCUT2D eigenvalue weighted by Crippen LogP contribution is -2.14. The lowest BCUT2D eigenvalue weighted by molar-refractivity contribution is -0.386. The number of anilines is 1. The standard InChI is InChI=1S/C13H18N2O5S/c1-21(18,19)12-6-2-5-11(13(12)15(16)17)14-8-7-10-4-3-9-20-10/h2,5-6,10,14H,3-4,7-9H2,1H3. The summed E-state index contributed by atoms with van der Waals surface area (Å²) in [6.07, 6.45) is 3.91. The zero-order chi connectivity index (χ0) is 15.5. The van der Waals surface area contributed by atoms with Gasteiger partial charge in [-0.05, 0) is 31.4 Å². The maximum atomic E-state index is 11.6. The first-order valence-electron chi connectivity index (χ1n) is 6.72. The maximum Gasteiger partial charge on any atom is 0.310 e. The highest BCUT2D eigenvalue weighted by Crippen LogP contribution is 2.32. The molecule has 1 N–H and O–H groups in total. The molecule has 2 rings (SSSR count). The topological polar surface area (TPSA) is 98.5 Å². The van der Waals surface area contributed by atoms with Crippen molar-refractivity contribution in [3.63, 3.8) is 0 Å². The number of nitrogens with zero attached hydrogens (tertiary/aromatic N) is 1. The van der Waals surface area contributed by atoms with Gasteiger partial charge in [-0.3, -0.25) is 10.1 Å². The van der Waals surface area contributed by atoms with E-state index in [2.05, 4.69) is 5.32 Å². The number of para-hydroxylation sites is 1. The van der Waals surface area contributed by atoms with E-state index >= 15 is 0 Å². The molecule has 7 nitrogen and oxygen atoms in total. The fraction of sp³-hybridized carbons (Fsp3) is 0.538. The zero-order valence-corrected chi connectivity index (χ0v) is 12.6. The number of ether oxygens (including phenoxy) is 1.